The summed E-state index contributed by atoms with van der Waals surface area (Å²) in [4.78, 5) is 18.1. The van der Waals surface area contributed by atoms with Crippen LogP contribution in [0.5, 0.6) is 0 Å². The van der Waals surface area contributed by atoms with E-state index in [0.29, 0.717) is 11.6 Å². The molecule has 0 unspecified atom stereocenters. The van der Waals surface area contributed by atoms with Crippen LogP contribution in [0.3, 0.4) is 0 Å². The first-order valence-corrected chi connectivity index (χ1v) is 11.9. The molecule has 5 rings (SSSR count). The number of carbonyl (C=O) groups excluding carboxylic acids is 1. The van der Waals surface area contributed by atoms with Crippen LogP contribution in [0.25, 0.3) is 10.8 Å². The third kappa shape index (κ3) is 3.85. The van der Waals surface area contributed by atoms with Crippen molar-refractivity contribution in [2.75, 3.05) is 26.7 Å². The second-order valence-corrected chi connectivity index (χ2v) is 9.80. The third-order valence-electron chi connectivity index (χ3n) is 7.51. The maximum atomic E-state index is 13.9. The van der Waals surface area contributed by atoms with Crippen LogP contribution >= 0.6 is 11.6 Å². The molecule has 33 heavy (non-hydrogen) atoms. The van der Waals surface area contributed by atoms with Gasteiger partial charge in [-0.15, -0.1) is 0 Å². The fourth-order valence-corrected chi connectivity index (χ4v) is 5.78. The Morgan fingerprint density at radius 2 is 1.73 bits per heavy atom. The number of likely N-dealkylation sites (tertiary alicyclic amines) is 1. The number of hydrogen-bond donors (Lipinski definition) is 0. The molecule has 2 aliphatic rings. The Morgan fingerprint density at radius 1 is 1.03 bits per heavy atom. The Bertz CT molecular complexity index is 1230. The zero-order valence-corrected chi connectivity index (χ0v) is 19.8. The van der Waals surface area contributed by atoms with Crippen LogP contribution in [-0.2, 0) is 10.2 Å². The molecule has 1 fully saturated rings. The van der Waals surface area contributed by atoms with E-state index in [4.69, 9.17) is 11.6 Å². The van der Waals surface area contributed by atoms with Crippen molar-refractivity contribution in [3.63, 3.8) is 0 Å². The predicted molar refractivity (Wildman–Crippen MR) is 132 cm³/mol. The minimum Gasteiger partial charge on any atom is -0.328 e. The van der Waals surface area contributed by atoms with Crippen molar-refractivity contribution in [2.24, 2.45) is 0 Å². The van der Waals surface area contributed by atoms with Crippen molar-refractivity contribution >= 4 is 28.3 Å². The van der Waals surface area contributed by atoms with E-state index in [1.807, 2.05) is 41.3 Å². The monoisotopic (exact) mass is 462 g/mol. The van der Waals surface area contributed by atoms with E-state index in [2.05, 4.69) is 37.1 Å². The lowest BCUT2D eigenvalue weighted by Crippen LogP contribution is -2.45. The summed E-state index contributed by atoms with van der Waals surface area (Å²) in [6, 6.07) is 18.7. The van der Waals surface area contributed by atoms with Gasteiger partial charge < -0.3 is 9.80 Å². The molecule has 2 aliphatic heterocycles. The number of carbonyl (C=O) groups is 1. The van der Waals surface area contributed by atoms with Crippen LogP contribution in [-0.4, -0.2) is 42.4 Å². The van der Waals surface area contributed by atoms with Crippen molar-refractivity contribution in [3.05, 3.63) is 94.3 Å². The predicted octanol–water partition coefficient (Wildman–Crippen LogP) is 6.13. The minimum absolute atomic E-state index is 0.0698. The van der Waals surface area contributed by atoms with Crippen LogP contribution in [0.2, 0.25) is 5.02 Å². The Balaban J connectivity index is 1.50. The van der Waals surface area contributed by atoms with Crippen LogP contribution in [0.15, 0.2) is 72.3 Å². The molecule has 0 spiro atoms. The van der Waals surface area contributed by atoms with Crippen LogP contribution in [0.1, 0.15) is 36.9 Å². The fourth-order valence-electron chi connectivity index (χ4n) is 5.55. The molecular formula is C28H28ClFN2O. The molecule has 3 aromatic rings. The van der Waals surface area contributed by atoms with Gasteiger partial charge in [-0.2, -0.15) is 0 Å². The number of fused-ring (bicyclic) bond motifs is 1. The Morgan fingerprint density at radius 3 is 2.45 bits per heavy atom. The van der Waals surface area contributed by atoms with Crippen LogP contribution < -0.4 is 0 Å². The van der Waals surface area contributed by atoms with Gasteiger partial charge in [0.25, 0.3) is 5.91 Å². The van der Waals surface area contributed by atoms with E-state index < -0.39 is 0 Å². The summed E-state index contributed by atoms with van der Waals surface area (Å²) in [5.74, 6) is -0.183. The summed E-state index contributed by atoms with van der Waals surface area (Å²) < 4.78 is 13.7. The van der Waals surface area contributed by atoms with Gasteiger partial charge in [-0.05, 0) is 86.1 Å². The fraction of sp³-hybridized carbons (Fsp3) is 0.321. The summed E-state index contributed by atoms with van der Waals surface area (Å²) >= 11 is 6.44. The Kier molecular flexibility index (Phi) is 5.75. The molecule has 0 bridgehead atoms. The molecule has 0 aromatic heterocycles. The van der Waals surface area contributed by atoms with Gasteiger partial charge in [0, 0.05) is 22.6 Å². The number of benzene rings is 3. The van der Waals surface area contributed by atoms with E-state index >= 15 is 0 Å². The third-order valence-corrected chi connectivity index (χ3v) is 7.73. The van der Waals surface area contributed by atoms with Crippen molar-refractivity contribution in [1.82, 2.24) is 9.80 Å². The lowest BCUT2D eigenvalue weighted by Gasteiger charge is -2.42. The second kappa shape index (κ2) is 8.58. The molecule has 0 radical (unpaired) electrons. The van der Waals surface area contributed by atoms with E-state index in [9.17, 15) is 9.18 Å². The van der Waals surface area contributed by atoms with Crippen LogP contribution in [0.4, 0.5) is 4.39 Å². The van der Waals surface area contributed by atoms with E-state index in [1.165, 1.54) is 12.1 Å². The van der Waals surface area contributed by atoms with Gasteiger partial charge >= 0.3 is 0 Å². The lowest BCUT2D eigenvalue weighted by atomic mass is 9.67. The molecule has 0 N–H and O–H groups in total. The van der Waals surface area contributed by atoms with Crippen molar-refractivity contribution in [2.45, 2.75) is 31.2 Å². The highest BCUT2D eigenvalue weighted by molar-refractivity contribution is 6.31. The van der Waals surface area contributed by atoms with Gasteiger partial charge in [-0.25, -0.2) is 4.39 Å². The summed E-state index contributed by atoms with van der Waals surface area (Å²) in [7, 11) is 2.11. The molecule has 170 valence electrons. The summed E-state index contributed by atoms with van der Waals surface area (Å²) in [5.41, 5.74) is 2.54. The number of rotatable bonds is 4. The van der Waals surface area contributed by atoms with Gasteiger partial charge in [0.2, 0.25) is 0 Å². The maximum Gasteiger partial charge on any atom is 0.251 e. The largest absolute Gasteiger partial charge is 0.328 e. The van der Waals surface area contributed by atoms with Gasteiger partial charge in [0.05, 0.1) is 6.04 Å². The van der Waals surface area contributed by atoms with E-state index in [1.54, 1.807) is 0 Å². The number of nitrogens with zero attached hydrogens (tertiary/aromatic N) is 2. The smallest absolute Gasteiger partial charge is 0.251 e. The van der Waals surface area contributed by atoms with Crippen molar-refractivity contribution < 1.29 is 9.18 Å². The first-order valence-electron chi connectivity index (χ1n) is 11.5. The average Bonchev–Trinajstić information content (AvgIpc) is 3.21. The minimum atomic E-state index is -0.387. The molecule has 0 saturated carbocycles. The lowest BCUT2D eigenvalue weighted by molar-refractivity contribution is -0.128. The zero-order chi connectivity index (χ0) is 23.2. The summed E-state index contributed by atoms with van der Waals surface area (Å²) in [6.45, 7) is 4.44. The van der Waals surface area contributed by atoms with Gasteiger partial charge in [0.1, 0.15) is 5.82 Å². The normalized spacial score (nSPS) is 19.7. The molecule has 0 aliphatic carbocycles. The van der Waals surface area contributed by atoms with E-state index in [-0.39, 0.29) is 23.2 Å². The van der Waals surface area contributed by atoms with Gasteiger partial charge in [-0.1, -0.05) is 54.1 Å². The number of hydrogen-bond acceptors (Lipinski definition) is 2. The molecule has 1 saturated heterocycles. The molecule has 1 atom stereocenters. The number of halogens is 2. The first-order chi connectivity index (χ1) is 15.9. The highest BCUT2D eigenvalue weighted by Gasteiger charge is 2.45. The maximum absolute atomic E-state index is 13.9. The first kappa shape index (κ1) is 22.1. The highest BCUT2D eigenvalue weighted by Crippen LogP contribution is 2.45. The van der Waals surface area contributed by atoms with Crippen molar-refractivity contribution in [1.29, 1.82) is 0 Å². The van der Waals surface area contributed by atoms with Gasteiger partial charge in [-0.3, -0.25) is 4.79 Å². The van der Waals surface area contributed by atoms with E-state index in [0.717, 1.165) is 53.4 Å². The number of piperidine rings is 1. The topological polar surface area (TPSA) is 23.6 Å². The second-order valence-electron chi connectivity index (χ2n) is 9.36. The van der Waals surface area contributed by atoms with Crippen LogP contribution in [0, 0.1) is 5.82 Å². The zero-order valence-electron chi connectivity index (χ0n) is 19.0. The van der Waals surface area contributed by atoms with Crippen molar-refractivity contribution in [3.8, 4) is 0 Å². The standard InChI is InChI=1S/C28H28ClFN2O/c1-19(25-18-22(29)17-20-5-3-4-6-24(20)25)32-14-11-26(27(32)33)28(12-15-31(2)16-13-28)21-7-9-23(30)10-8-21/h3-11,17-19H,12-16H2,1-2H3/t19-/m1/s1. The number of amides is 1. The molecule has 1 amide bonds. The highest BCUT2D eigenvalue weighted by atomic mass is 35.5. The van der Waals surface area contributed by atoms with Gasteiger partial charge in [0.15, 0.2) is 0 Å². The Labute approximate surface area is 199 Å². The SMILES string of the molecule is C[C@H](c1cc(Cl)cc2ccccc12)N1CC=C(C2(c3ccc(F)cc3)CCN(C)CC2)C1=O. The molecule has 5 heteroatoms. The molecular weight excluding hydrogens is 435 g/mol. The molecule has 2 heterocycles. The molecule has 3 nitrogen and oxygen atoms in total. The average molecular weight is 463 g/mol. The Hall–Kier alpha value is -2.69. The summed E-state index contributed by atoms with van der Waals surface area (Å²) in [6.07, 6.45) is 3.78. The quantitative estimate of drug-likeness (QED) is 0.466. The molecule has 3 aromatic carbocycles. The summed E-state index contributed by atoms with van der Waals surface area (Å²) in [5, 5.41) is 2.86.